The van der Waals surface area contributed by atoms with Gasteiger partial charge in [-0.25, -0.2) is 0 Å². The summed E-state index contributed by atoms with van der Waals surface area (Å²) in [7, 11) is 0. The van der Waals surface area contributed by atoms with E-state index in [-0.39, 0.29) is 0 Å². The van der Waals surface area contributed by atoms with E-state index in [1.165, 1.54) is 44.2 Å². The van der Waals surface area contributed by atoms with Crippen LogP contribution in [0.3, 0.4) is 0 Å². The van der Waals surface area contributed by atoms with Gasteiger partial charge in [0.25, 0.3) is 0 Å². The third kappa shape index (κ3) is 3.46. The molecule has 0 spiro atoms. The van der Waals surface area contributed by atoms with Gasteiger partial charge >= 0.3 is 0 Å². The Balaban J connectivity index is 1.82. The van der Waals surface area contributed by atoms with Crippen LogP contribution >= 0.6 is 0 Å². The minimum absolute atomic E-state index is 0.917. The lowest BCUT2D eigenvalue weighted by Gasteiger charge is -2.18. The molecule has 0 heteroatoms. The first kappa shape index (κ1) is 17.5. The Morgan fingerprint density at radius 1 is 0.414 bits per heavy atom. The van der Waals surface area contributed by atoms with Crippen LogP contribution < -0.4 is 0 Å². The van der Waals surface area contributed by atoms with Gasteiger partial charge in [0.2, 0.25) is 0 Å². The van der Waals surface area contributed by atoms with E-state index in [0.29, 0.717) is 0 Å². The summed E-state index contributed by atoms with van der Waals surface area (Å²) in [6.45, 7) is 0. The van der Waals surface area contributed by atoms with Crippen molar-refractivity contribution in [2.75, 3.05) is 0 Å². The van der Waals surface area contributed by atoms with Gasteiger partial charge in [-0.05, 0) is 56.6 Å². The quantitative estimate of drug-likeness (QED) is 0.303. The maximum Gasteiger partial charge on any atom is -0.00134 e. The van der Waals surface area contributed by atoms with Crippen molar-refractivity contribution in [2.24, 2.45) is 0 Å². The molecule has 0 saturated heterocycles. The molecule has 0 radical (unpaired) electrons. The molecule has 0 aromatic heterocycles. The minimum atomic E-state index is 0.917. The maximum absolute atomic E-state index is 2.38. The van der Waals surface area contributed by atoms with Gasteiger partial charge < -0.3 is 0 Å². The molecule has 0 heterocycles. The Morgan fingerprint density at radius 2 is 0.897 bits per heavy atom. The summed E-state index contributed by atoms with van der Waals surface area (Å²) in [5.74, 6) is 0. The molecule has 138 valence electrons. The van der Waals surface area contributed by atoms with E-state index < -0.39 is 0 Å². The summed E-state index contributed by atoms with van der Waals surface area (Å²) in [5, 5.41) is 2.64. The van der Waals surface area contributed by atoms with Crippen LogP contribution in [0.1, 0.15) is 11.1 Å². The van der Waals surface area contributed by atoms with Crippen LogP contribution in [0.15, 0.2) is 121 Å². The number of rotatable bonds is 4. The predicted octanol–water partition coefficient (Wildman–Crippen LogP) is 7.76. The molecule has 0 amide bonds. The molecule has 0 aliphatic heterocycles. The van der Waals surface area contributed by atoms with Gasteiger partial charge in [-0.2, -0.15) is 0 Å². The van der Waals surface area contributed by atoms with E-state index in [4.69, 9.17) is 0 Å². The summed E-state index contributed by atoms with van der Waals surface area (Å²) < 4.78 is 0. The molecule has 0 N–H and O–H groups in total. The molecule has 29 heavy (non-hydrogen) atoms. The third-order valence-electron chi connectivity index (χ3n) is 5.55. The largest absolute Gasteiger partial charge is 0.0622 e. The van der Waals surface area contributed by atoms with Gasteiger partial charge in [-0.1, -0.05) is 115 Å². The van der Waals surface area contributed by atoms with Gasteiger partial charge in [-0.3, -0.25) is 0 Å². The van der Waals surface area contributed by atoms with Crippen molar-refractivity contribution < 1.29 is 0 Å². The highest BCUT2D eigenvalue weighted by molar-refractivity contribution is 6.03. The first-order valence-corrected chi connectivity index (χ1v) is 10.1. The topological polar surface area (TPSA) is 0 Å². The molecule has 0 aliphatic carbocycles. The third-order valence-corrected chi connectivity index (χ3v) is 5.55. The number of benzene rings is 5. The molecule has 5 rings (SSSR count). The van der Waals surface area contributed by atoms with E-state index in [1.807, 2.05) is 0 Å². The number of hydrogen-bond donors (Lipinski definition) is 0. The van der Waals surface area contributed by atoms with E-state index in [0.717, 1.165) is 6.42 Å². The fraction of sp³-hybridized carbons (Fsp3) is 0.0345. The van der Waals surface area contributed by atoms with Gasteiger partial charge in [0.15, 0.2) is 0 Å². The summed E-state index contributed by atoms with van der Waals surface area (Å²) >= 11 is 0. The average molecular weight is 370 g/mol. The Morgan fingerprint density at radius 3 is 1.52 bits per heavy atom. The van der Waals surface area contributed by atoms with Crippen molar-refractivity contribution in [3.8, 4) is 22.3 Å². The molecule has 0 unspecified atom stereocenters. The molecule has 0 aliphatic rings. The average Bonchev–Trinajstić information content (AvgIpc) is 2.81. The van der Waals surface area contributed by atoms with Gasteiger partial charge in [0.1, 0.15) is 0 Å². The van der Waals surface area contributed by atoms with Crippen LogP contribution in [0.4, 0.5) is 0 Å². The maximum atomic E-state index is 2.38. The van der Waals surface area contributed by atoms with Crippen molar-refractivity contribution in [3.63, 3.8) is 0 Å². The molecule has 0 atom stereocenters. The highest BCUT2D eigenvalue weighted by atomic mass is 14.2. The molecule has 0 fully saturated rings. The lowest BCUT2D eigenvalue weighted by atomic mass is 9.86. The first-order chi connectivity index (χ1) is 14.4. The van der Waals surface area contributed by atoms with Gasteiger partial charge in [-0.15, -0.1) is 0 Å². The second-order valence-corrected chi connectivity index (χ2v) is 7.39. The summed E-state index contributed by atoms with van der Waals surface area (Å²) in [5.41, 5.74) is 7.84. The zero-order chi connectivity index (χ0) is 19.5. The van der Waals surface area contributed by atoms with Crippen molar-refractivity contribution >= 4 is 10.8 Å². The monoisotopic (exact) mass is 370 g/mol. The number of fused-ring (bicyclic) bond motifs is 1. The first-order valence-electron chi connectivity index (χ1n) is 10.1. The standard InChI is InChI=1S/C29H22/c1-4-12-22(13-5-1)20-29-26-19-11-10-18-25(26)27(23-14-6-2-7-15-23)21-28(29)24-16-8-3-9-17-24/h1-19,21H,20H2. The molecule has 0 nitrogen and oxygen atoms in total. The summed E-state index contributed by atoms with van der Waals surface area (Å²) in [4.78, 5) is 0. The Kier molecular flexibility index (Phi) is 4.68. The summed E-state index contributed by atoms with van der Waals surface area (Å²) in [6, 6.07) is 43.4. The highest BCUT2D eigenvalue weighted by Gasteiger charge is 2.15. The SMILES string of the molecule is c1ccc(Cc2c(-c3ccccc3)cc(-c3ccccc3)c3ccccc23)cc1. The lowest BCUT2D eigenvalue weighted by Crippen LogP contribution is -1.96. The zero-order valence-electron chi connectivity index (χ0n) is 16.3. The Bertz CT molecular complexity index is 1240. The summed E-state index contributed by atoms with van der Waals surface area (Å²) in [6.07, 6.45) is 0.917. The fourth-order valence-corrected chi connectivity index (χ4v) is 4.16. The van der Waals surface area contributed by atoms with Crippen LogP contribution in [-0.4, -0.2) is 0 Å². The van der Waals surface area contributed by atoms with E-state index in [1.54, 1.807) is 0 Å². The molecular formula is C29H22. The second kappa shape index (κ2) is 7.77. The molecule has 0 bridgehead atoms. The van der Waals surface area contributed by atoms with Gasteiger partial charge in [0.05, 0.1) is 0 Å². The zero-order valence-corrected chi connectivity index (χ0v) is 16.3. The van der Waals surface area contributed by atoms with Crippen LogP contribution in [-0.2, 0) is 6.42 Å². The molecule has 0 saturated carbocycles. The second-order valence-electron chi connectivity index (χ2n) is 7.39. The Hall–Kier alpha value is -3.64. The van der Waals surface area contributed by atoms with Crippen LogP contribution in [0, 0.1) is 0 Å². The van der Waals surface area contributed by atoms with Crippen LogP contribution in [0.2, 0.25) is 0 Å². The lowest BCUT2D eigenvalue weighted by molar-refractivity contribution is 1.22. The van der Waals surface area contributed by atoms with Crippen LogP contribution in [0.5, 0.6) is 0 Å². The molecular weight excluding hydrogens is 348 g/mol. The Labute approximate surface area is 172 Å². The van der Waals surface area contributed by atoms with E-state index in [2.05, 4.69) is 121 Å². The highest BCUT2D eigenvalue weighted by Crippen LogP contribution is 2.38. The normalized spacial score (nSPS) is 10.9. The van der Waals surface area contributed by atoms with Crippen molar-refractivity contribution in [1.29, 1.82) is 0 Å². The smallest absolute Gasteiger partial charge is 0.00134 e. The van der Waals surface area contributed by atoms with Crippen LogP contribution in [0.25, 0.3) is 33.0 Å². The van der Waals surface area contributed by atoms with Crippen molar-refractivity contribution in [3.05, 3.63) is 132 Å². The van der Waals surface area contributed by atoms with Crippen molar-refractivity contribution in [2.45, 2.75) is 6.42 Å². The predicted molar refractivity (Wildman–Crippen MR) is 124 cm³/mol. The van der Waals surface area contributed by atoms with Gasteiger partial charge in [0, 0.05) is 0 Å². The molecule has 5 aromatic carbocycles. The van der Waals surface area contributed by atoms with E-state index >= 15 is 0 Å². The van der Waals surface area contributed by atoms with Crippen molar-refractivity contribution in [1.82, 2.24) is 0 Å². The number of hydrogen-bond acceptors (Lipinski definition) is 0. The minimum Gasteiger partial charge on any atom is -0.0622 e. The molecule has 5 aromatic rings. The van der Waals surface area contributed by atoms with E-state index in [9.17, 15) is 0 Å². The fourth-order valence-electron chi connectivity index (χ4n) is 4.16.